The smallest absolute Gasteiger partial charge is 0.224 e. The molecule has 1 rings (SSSR count). The van der Waals surface area contributed by atoms with Crippen molar-refractivity contribution in [3.8, 4) is 0 Å². The van der Waals surface area contributed by atoms with Gasteiger partial charge in [0.25, 0.3) is 0 Å². The van der Waals surface area contributed by atoms with Crippen LogP contribution in [0.2, 0.25) is 0 Å². The van der Waals surface area contributed by atoms with Gasteiger partial charge in [-0.3, -0.25) is 4.79 Å². The van der Waals surface area contributed by atoms with E-state index in [1.165, 1.54) is 5.56 Å². The molecule has 0 spiro atoms. The van der Waals surface area contributed by atoms with Gasteiger partial charge in [-0.15, -0.1) is 12.4 Å². The number of amides is 1. The first-order valence-corrected chi connectivity index (χ1v) is 7.62. The second-order valence-electron chi connectivity index (χ2n) is 5.62. The maximum atomic E-state index is 12.3. The Balaban J connectivity index is 0.00000400. The number of rotatable bonds is 7. The molecule has 3 unspecified atom stereocenters. The lowest BCUT2D eigenvalue weighted by molar-refractivity contribution is -0.126. The summed E-state index contributed by atoms with van der Waals surface area (Å²) in [5, 5.41) is 3.20. The van der Waals surface area contributed by atoms with Crippen molar-refractivity contribution in [2.24, 2.45) is 17.6 Å². The minimum absolute atomic E-state index is 0. The SMILES string of the molecule is CCC(CC)C(NC(=O)C(C)C(C)N)c1ccccc1.Cl. The zero-order valence-corrected chi connectivity index (χ0v) is 14.3. The number of benzene rings is 1. The Hall–Kier alpha value is -1.06. The van der Waals surface area contributed by atoms with Gasteiger partial charge in [0.15, 0.2) is 0 Å². The minimum atomic E-state index is -0.171. The summed E-state index contributed by atoms with van der Waals surface area (Å²) in [7, 11) is 0. The molecule has 1 aromatic carbocycles. The Kier molecular flexibility index (Phi) is 9.31. The fraction of sp³-hybridized carbons (Fsp3) is 0.588. The first-order valence-electron chi connectivity index (χ1n) is 7.62. The van der Waals surface area contributed by atoms with E-state index in [0.717, 1.165) is 12.8 Å². The van der Waals surface area contributed by atoms with E-state index in [9.17, 15) is 4.79 Å². The van der Waals surface area contributed by atoms with Crippen molar-refractivity contribution in [1.82, 2.24) is 5.32 Å². The van der Waals surface area contributed by atoms with Gasteiger partial charge in [-0.05, 0) is 18.4 Å². The molecule has 0 aliphatic carbocycles. The number of nitrogens with two attached hydrogens (primary N) is 1. The maximum Gasteiger partial charge on any atom is 0.224 e. The fourth-order valence-electron chi connectivity index (χ4n) is 2.42. The molecule has 1 amide bonds. The van der Waals surface area contributed by atoms with E-state index in [-0.39, 0.29) is 36.3 Å². The molecule has 3 nitrogen and oxygen atoms in total. The summed E-state index contributed by atoms with van der Waals surface area (Å²) in [6, 6.07) is 10.1. The highest BCUT2D eigenvalue weighted by molar-refractivity contribution is 5.85. The van der Waals surface area contributed by atoms with Crippen LogP contribution in [-0.2, 0) is 4.79 Å². The molecule has 3 atom stereocenters. The normalized spacial score (nSPS) is 15.0. The van der Waals surface area contributed by atoms with Gasteiger partial charge in [-0.2, -0.15) is 0 Å². The maximum absolute atomic E-state index is 12.3. The molecule has 0 aromatic heterocycles. The first kappa shape index (κ1) is 19.9. The first-order chi connectivity index (χ1) is 9.51. The van der Waals surface area contributed by atoms with Crippen LogP contribution in [0.15, 0.2) is 30.3 Å². The van der Waals surface area contributed by atoms with Crippen molar-refractivity contribution in [2.45, 2.75) is 52.6 Å². The van der Waals surface area contributed by atoms with Crippen LogP contribution in [0.4, 0.5) is 0 Å². The molecule has 0 bridgehead atoms. The predicted octanol–water partition coefficient (Wildman–Crippen LogP) is 3.69. The second-order valence-corrected chi connectivity index (χ2v) is 5.62. The van der Waals surface area contributed by atoms with Gasteiger partial charge in [-0.25, -0.2) is 0 Å². The highest BCUT2D eigenvalue weighted by atomic mass is 35.5. The average molecular weight is 313 g/mol. The zero-order chi connectivity index (χ0) is 15.1. The lowest BCUT2D eigenvalue weighted by Gasteiger charge is -2.29. The lowest BCUT2D eigenvalue weighted by atomic mass is 9.88. The van der Waals surface area contributed by atoms with Gasteiger partial charge in [0.1, 0.15) is 0 Å². The third kappa shape index (κ3) is 5.68. The predicted molar refractivity (Wildman–Crippen MR) is 91.5 cm³/mol. The van der Waals surface area contributed by atoms with E-state index in [2.05, 4.69) is 31.3 Å². The van der Waals surface area contributed by atoms with Gasteiger partial charge in [0.2, 0.25) is 5.91 Å². The zero-order valence-electron chi connectivity index (χ0n) is 13.5. The Morgan fingerprint density at radius 2 is 1.67 bits per heavy atom. The van der Waals surface area contributed by atoms with Gasteiger partial charge in [-0.1, -0.05) is 63.9 Å². The molecule has 120 valence electrons. The van der Waals surface area contributed by atoms with E-state index < -0.39 is 0 Å². The quantitative estimate of drug-likeness (QED) is 0.807. The molecule has 0 aliphatic heterocycles. The summed E-state index contributed by atoms with van der Waals surface area (Å²) in [6.07, 6.45) is 2.09. The molecule has 0 fully saturated rings. The Labute approximate surface area is 135 Å². The van der Waals surface area contributed by atoms with Crippen molar-refractivity contribution in [3.05, 3.63) is 35.9 Å². The number of carbonyl (C=O) groups excluding carboxylic acids is 1. The number of halogens is 1. The Bertz CT molecular complexity index is 405. The molecule has 21 heavy (non-hydrogen) atoms. The van der Waals surface area contributed by atoms with E-state index in [1.807, 2.05) is 32.0 Å². The van der Waals surface area contributed by atoms with E-state index in [4.69, 9.17) is 5.73 Å². The topological polar surface area (TPSA) is 55.1 Å². The summed E-state index contributed by atoms with van der Waals surface area (Å²) in [4.78, 5) is 12.3. The van der Waals surface area contributed by atoms with Crippen LogP contribution >= 0.6 is 12.4 Å². The van der Waals surface area contributed by atoms with Crippen LogP contribution in [0.1, 0.15) is 52.1 Å². The van der Waals surface area contributed by atoms with Crippen LogP contribution in [0, 0.1) is 11.8 Å². The molecule has 4 heteroatoms. The number of nitrogens with one attached hydrogen (secondary N) is 1. The van der Waals surface area contributed by atoms with Crippen LogP contribution in [0.5, 0.6) is 0 Å². The summed E-state index contributed by atoms with van der Waals surface area (Å²) in [5.41, 5.74) is 7.00. The molecular weight excluding hydrogens is 284 g/mol. The standard InChI is InChI=1S/C17H28N2O.ClH/c1-5-14(6-2)16(15-10-8-7-9-11-15)19-17(20)12(3)13(4)18;/h7-14,16H,5-6,18H2,1-4H3,(H,19,20);1H. The highest BCUT2D eigenvalue weighted by Crippen LogP contribution is 2.27. The molecule has 0 heterocycles. The van der Waals surface area contributed by atoms with Crippen LogP contribution in [0.25, 0.3) is 0 Å². The lowest BCUT2D eigenvalue weighted by Crippen LogP contribution is -2.42. The third-order valence-corrected chi connectivity index (χ3v) is 4.18. The monoisotopic (exact) mass is 312 g/mol. The van der Waals surface area contributed by atoms with Crippen molar-refractivity contribution < 1.29 is 4.79 Å². The minimum Gasteiger partial charge on any atom is -0.349 e. The summed E-state index contributed by atoms with van der Waals surface area (Å²) in [5.74, 6) is 0.318. The van der Waals surface area contributed by atoms with Crippen molar-refractivity contribution in [3.63, 3.8) is 0 Å². The van der Waals surface area contributed by atoms with Gasteiger partial charge < -0.3 is 11.1 Å². The summed E-state index contributed by atoms with van der Waals surface area (Å²) < 4.78 is 0. The molecule has 0 aliphatic rings. The van der Waals surface area contributed by atoms with Crippen molar-refractivity contribution >= 4 is 18.3 Å². The molecular formula is C17H29ClN2O. The van der Waals surface area contributed by atoms with E-state index in [1.54, 1.807) is 0 Å². The molecule has 3 N–H and O–H groups in total. The molecule has 1 aromatic rings. The van der Waals surface area contributed by atoms with Gasteiger partial charge >= 0.3 is 0 Å². The molecule has 0 saturated heterocycles. The fourth-order valence-corrected chi connectivity index (χ4v) is 2.42. The van der Waals surface area contributed by atoms with Crippen LogP contribution in [-0.4, -0.2) is 11.9 Å². The van der Waals surface area contributed by atoms with Crippen LogP contribution < -0.4 is 11.1 Å². The average Bonchev–Trinajstić information content (AvgIpc) is 2.47. The van der Waals surface area contributed by atoms with E-state index in [0.29, 0.717) is 5.92 Å². The summed E-state index contributed by atoms with van der Waals surface area (Å²) >= 11 is 0. The number of carbonyl (C=O) groups is 1. The largest absolute Gasteiger partial charge is 0.349 e. The van der Waals surface area contributed by atoms with Gasteiger partial charge in [0.05, 0.1) is 6.04 Å². The van der Waals surface area contributed by atoms with Crippen molar-refractivity contribution in [2.75, 3.05) is 0 Å². The molecule has 0 radical (unpaired) electrons. The van der Waals surface area contributed by atoms with Crippen molar-refractivity contribution in [1.29, 1.82) is 0 Å². The Morgan fingerprint density at radius 1 is 1.14 bits per heavy atom. The van der Waals surface area contributed by atoms with Gasteiger partial charge in [0, 0.05) is 12.0 Å². The highest BCUT2D eigenvalue weighted by Gasteiger charge is 2.25. The Morgan fingerprint density at radius 3 is 2.10 bits per heavy atom. The third-order valence-electron chi connectivity index (χ3n) is 4.18. The van der Waals surface area contributed by atoms with Crippen LogP contribution in [0.3, 0.4) is 0 Å². The molecule has 0 saturated carbocycles. The van der Waals surface area contributed by atoms with E-state index >= 15 is 0 Å². The number of hydrogen-bond donors (Lipinski definition) is 2. The summed E-state index contributed by atoms with van der Waals surface area (Å²) in [6.45, 7) is 8.10. The second kappa shape index (κ2) is 9.80. The number of hydrogen-bond acceptors (Lipinski definition) is 2.